The predicted molar refractivity (Wildman–Crippen MR) is 92.2 cm³/mol. The van der Waals surface area contributed by atoms with Crippen LogP contribution in [0.15, 0.2) is 12.2 Å². The van der Waals surface area contributed by atoms with Crippen molar-refractivity contribution in [3.63, 3.8) is 0 Å². The Morgan fingerprint density at radius 1 is 1.00 bits per heavy atom. The van der Waals surface area contributed by atoms with Gasteiger partial charge in [0.15, 0.2) is 0 Å². The van der Waals surface area contributed by atoms with Gasteiger partial charge in [-0.25, -0.2) is 4.79 Å². The molecule has 1 saturated heterocycles. The molecule has 6 heteroatoms. The van der Waals surface area contributed by atoms with Gasteiger partial charge in [0.05, 0.1) is 11.8 Å². The van der Waals surface area contributed by atoms with E-state index >= 15 is 0 Å². The van der Waals surface area contributed by atoms with Crippen LogP contribution in [-0.4, -0.2) is 35.0 Å². The molecular weight excluding hydrogens is 318 g/mol. The van der Waals surface area contributed by atoms with Gasteiger partial charge in [-0.1, -0.05) is 31.4 Å². The first-order valence-corrected chi connectivity index (χ1v) is 9.68. The summed E-state index contributed by atoms with van der Waals surface area (Å²) in [4.78, 5) is 39.3. The summed E-state index contributed by atoms with van der Waals surface area (Å²) in [6, 6.07) is -0.0791. The third-order valence-electron chi connectivity index (χ3n) is 6.46. The van der Waals surface area contributed by atoms with Gasteiger partial charge >= 0.3 is 6.03 Å². The van der Waals surface area contributed by atoms with Crippen LogP contribution in [0.5, 0.6) is 0 Å². The first-order valence-electron chi connectivity index (χ1n) is 9.68. The van der Waals surface area contributed by atoms with Gasteiger partial charge in [-0.15, -0.1) is 0 Å². The molecule has 0 unspecified atom stereocenters. The highest BCUT2D eigenvalue weighted by Gasteiger charge is 2.57. The van der Waals surface area contributed by atoms with E-state index in [0.29, 0.717) is 0 Å². The number of likely N-dealkylation sites (tertiary alicyclic amines) is 1. The van der Waals surface area contributed by atoms with Gasteiger partial charge < -0.3 is 10.6 Å². The minimum atomic E-state index is -0.603. The second-order valence-electron chi connectivity index (χ2n) is 8.02. The largest absolute Gasteiger partial charge is 0.335 e. The van der Waals surface area contributed by atoms with E-state index in [-0.39, 0.29) is 47.6 Å². The van der Waals surface area contributed by atoms with Crippen molar-refractivity contribution >= 4 is 17.8 Å². The Hall–Kier alpha value is -1.85. The zero-order chi connectivity index (χ0) is 17.6. The fourth-order valence-corrected chi connectivity index (χ4v) is 5.21. The molecule has 5 rings (SSSR count). The summed E-state index contributed by atoms with van der Waals surface area (Å²) >= 11 is 0. The van der Waals surface area contributed by atoms with Crippen LogP contribution in [0.3, 0.4) is 0 Å². The Morgan fingerprint density at radius 2 is 1.56 bits per heavy atom. The fraction of sp³-hybridized carbons (Fsp3) is 0.737. The van der Waals surface area contributed by atoms with Crippen molar-refractivity contribution in [1.29, 1.82) is 0 Å². The maximum Gasteiger partial charge on any atom is 0.316 e. The lowest BCUT2D eigenvalue weighted by atomic mass is 9.63. The van der Waals surface area contributed by atoms with Crippen LogP contribution in [0.1, 0.15) is 51.9 Å². The number of allylic oxidation sites excluding steroid dienone is 2. The molecule has 6 nitrogen and oxygen atoms in total. The molecule has 0 aromatic heterocycles. The van der Waals surface area contributed by atoms with Gasteiger partial charge in [-0.2, -0.15) is 0 Å². The van der Waals surface area contributed by atoms with Gasteiger partial charge in [-0.05, 0) is 44.4 Å². The minimum Gasteiger partial charge on any atom is -0.335 e. The molecule has 136 valence electrons. The van der Waals surface area contributed by atoms with Crippen molar-refractivity contribution in [2.24, 2.45) is 23.7 Å². The van der Waals surface area contributed by atoms with Crippen molar-refractivity contribution < 1.29 is 14.4 Å². The van der Waals surface area contributed by atoms with Crippen LogP contribution >= 0.6 is 0 Å². The van der Waals surface area contributed by atoms with E-state index in [9.17, 15) is 14.4 Å². The summed E-state index contributed by atoms with van der Waals surface area (Å²) in [6.07, 6.45) is 11.1. The molecule has 2 saturated carbocycles. The number of carbonyl (C=O) groups is 3. The standard InChI is InChI=1S/C19H27N3O3/c1-11(20-19(25)21-14-5-3-2-4-6-14)22-17(23)15-12-7-8-13(10-9-12)16(15)18(22)24/h7-8,11-16H,2-6,9-10H2,1H3,(H2,20,21,25)/t11-,12+,13+,15-,16-/m1/s1. The molecular formula is C19H27N3O3. The van der Waals surface area contributed by atoms with Crippen molar-refractivity contribution in [3.8, 4) is 0 Å². The lowest BCUT2D eigenvalue weighted by Gasteiger charge is -2.38. The molecule has 3 fully saturated rings. The summed E-state index contributed by atoms with van der Waals surface area (Å²) in [6.45, 7) is 1.73. The van der Waals surface area contributed by atoms with E-state index in [0.717, 1.165) is 38.5 Å². The molecule has 0 radical (unpaired) electrons. The van der Waals surface area contributed by atoms with Crippen molar-refractivity contribution in [1.82, 2.24) is 15.5 Å². The maximum atomic E-state index is 12.9. The van der Waals surface area contributed by atoms with Gasteiger partial charge in [-0.3, -0.25) is 14.5 Å². The van der Waals surface area contributed by atoms with Crippen LogP contribution in [0.2, 0.25) is 0 Å². The number of hydrogen-bond acceptors (Lipinski definition) is 3. The van der Waals surface area contributed by atoms with Crippen LogP contribution in [0.25, 0.3) is 0 Å². The van der Waals surface area contributed by atoms with Crippen molar-refractivity contribution in [2.45, 2.75) is 64.1 Å². The number of urea groups is 1. The molecule has 25 heavy (non-hydrogen) atoms. The third kappa shape index (κ3) is 2.85. The average molecular weight is 345 g/mol. The minimum absolute atomic E-state index is 0.112. The van der Waals surface area contributed by atoms with Gasteiger partial charge in [0.25, 0.3) is 0 Å². The first-order chi connectivity index (χ1) is 12.1. The molecule has 4 amide bonds. The fourth-order valence-electron chi connectivity index (χ4n) is 5.21. The molecule has 1 aliphatic heterocycles. The molecule has 5 atom stereocenters. The quantitative estimate of drug-likeness (QED) is 0.608. The zero-order valence-corrected chi connectivity index (χ0v) is 14.7. The van der Waals surface area contributed by atoms with Crippen LogP contribution in [-0.2, 0) is 9.59 Å². The molecule has 2 bridgehead atoms. The Bertz CT molecular complexity index is 579. The zero-order valence-electron chi connectivity index (χ0n) is 14.7. The average Bonchev–Trinajstić information content (AvgIpc) is 2.90. The van der Waals surface area contributed by atoms with E-state index in [4.69, 9.17) is 0 Å². The van der Waals surface area contributed by atoms with E-state index in [2.05, 4.69) is 22.8 Å². The molecule has 0 aromatic carbocycles. The lowest BCUT2D eigenvalue weighted by molar-refractivity contribution is -0.142. The number of fused-ring (bicyclic) bond motifs is 1. The topological polar surface area (TPSA) is 78.5 Å². The second-order valence-corrected chi connectivity index (χ2v) is 8.02. The summed E-state index contributed by atoms with van der Waals surface area (Å²) in [5.41, 5.74) is 0. The highest BCUT2D eigenvalue weighted by molar-refractivity contribution is 6.06. The van der Waals surface area contributed by atoms with Crippen molar-refractivity contribution in [3.05, 3.63) is 12.2 Å². The second kappa shape index (κ2) is 6.46. The molecule has 5 aliphatic rings. The number of imide groups is 1. The monoisotopic (exact) mass is 345 g/mol. The van der Waals surface area contributed by atoms with E-state index < -0.39 is 6.17 Å². The molecule has 0 aromatic rings. The summed E-state index contributed by atoms with van der Waals surface area (Å²) in [5.74, 6) is -0.303. The van der Waals surface area contributed by atoms with Crippen molar-refractivity contribution in [2.75, 3.05) is 0 Å². The van der Waals surface area contributed by atoms with Crippen LogP contribution in [0.4, 0.5) is 4.79 Å². The normalized spacial score (nSPS) is 35.6. The number of nitrogens with zero attached hydrogens (tertiary/aromatic N) is 1. The Labute approximate surface area is 148 Å². The van der Waals surface area contributed by atoms with Gasteiger partial charge in [0.2, 0.25) is 11.8 Å². The Morgan fingerprint density at radius 3 is 2.08 bits per heavy atom. The smallest absolute Gasteiger partial charge is 0.316 e. The Kier molecular flexibility index (Phi) is 4.29. The SMILES string of the molecule is C[C@H](NC(=O)NC1CCCCC1)N1C(=O)[C@H]2[C@H](C1=O)[C@H]1C=C[C@H]2CC1. The summed E-state index contributed by atoms with van der Waals surface area (Å²) in [7, 11) is 0. The Balaban J connectivity index is 1.40. The lowest BCUT2D eigenvalue weighted by Crippen LogP contribution is -2.54. The number of carbonyl (C=O) groups excluding carboxylic acids is 3. The van der Waals surface area contributed by atoms with E-state index in [1.165, 1.54) is 11.3 Å². The molecule has 1 heterocycles. The van der Waals surface area contributed by atoms with E-state index in [1.54, 1.807) is 6.92 Å². The predicted octanol–water partition coefficient (Wildman–Crippen LogP) is 2.16. The first kappa shape index (κ1) is 16.6. The molecule has 2 N–H and O–H groups in total. The highest BCUT2D eigenvalue weighted by Crippen LogP contribution is 2.49. The van der Waals surface area contributed by atoms with Crippen LogP contribution in [0, 0.1) is 23.7 Å². The number of rotatable bonds is 3. The highest BCUT2D eigenvalue weighted by atomic mass is 16.2. The number of hydrogen-bond donors (Lipinski definition) is 2. The molecule has 4 aliphatic carbocycles. The molecule has 0 spiro atoms. The summed E-state index contributed by atoms with van der Waals surface area (Å²) < 4.78 is 0. The maximum absolute atomic E-state index is 12.9. The summed E-state index contributed by atoms with van der Waals surface area (Å²) in [5, 5.41) is 5.79. The number of nitrogens with one attached hydrogen (secondary N) is 2. The number of amides is 4. The van der Waals surface area contributed by atoms with Gasteiger partial charge in [0.1, 0.15) is 6.17 Å². The van der Waals surface area contributed by atoms with E-state index in [1.807, 2.05) is 0 Å². The van der Waals surface area contributed by atoms with Gasteiger partial charge in [0, 0.05) is 6.04 Å². The van der Waals surface area contributed by atoms with Crippen LogP contribution < -0.4 is 10.6 Å². The third-order valence-corrected chi connectivity index (χ3v) is 6.46.